The van der Waals surface area contributed by atoms with Gasteiger partial charge in [-0.3, -0.25) is 19.6 Å². The molecule has 4 aromatic rings. The summed E-state index contributed by atoms with van der Waals surface area (Å²) in [4.78, 5) is 35.8. The van der Waals surface area contributed by atoms with Crippen LogP contribution in [0.4, 0.5) is 0 Å². The van der Waals surface area contributed by atoms with E-state index in [1.54, 1.807) is 23.3 Å². The van der Waals surface area contributed by atoms with E-state index in [0.29, 0.717) is 11.8 Å². The highest BCUT2D eigenvalue weighted by molar-refractivity contribution is 7.09. The van der Waals surface area contributed by atoms with Crippen LogP contribution in [0.3, 0.4) is 0 Å². The molecule has 0 bridgehead atoms. The van der Waals surface area contributed by atoms with Crippen molar-refractivity contribution >= 4 is 34.1 Å². The van der Waals surface area contributed by atoms with Gasteiger partial charge < -0.3 is 25.8 Å². The van der Waals surface area contributed by atoms with Gasteiger partial charge in [0.25, 0.3) is 0 Å². The summed E-state index contributed by atoms with van der Waals surface area (Å²) in [5, 5.41) is 6.41. The number of carbonyl (C=O) groups is 2. The lowest BCUT2D eigenvalue weighted by Crippen LogP contribution is -2.48. The Labute approximate surface area is 405 Å². The highest BCUT2D eigenvalue weighted by Gasteiger charge is 2.29. The van der Waals surface area contributed by atoms with E-state index in [9.17, 15) is 9.59 Å². The van der Waals surface area contributed by atoms with Crippen LogP contribution in [0.2, 0.25) is 0 Å². The van der Waals surface area contributed by atoms with Gasteiger partial charge >= 0.3 is 0 Å². The number of hydrazine groups is 1. The molecule has 2 amide bonds. The number of hydrogen-bond donors (Lipinski definition) is 3. The van der Waals surface area contributed by atoms with Crippen LogP contribution < -0.4 is 16.9 Å². The molecule has 0 radical (unpaired) electrons. The molecule has 4 heterocycles. The zero-order valence-corrected chi connectivity index (χ0v) is 45.0. The first-order valence-corrected chi connectivity index (χ1v) is 25.4. The first-order chi connectivity index (χ1) is 31.3. The third-order valence-electron chi connectivity index (χ3n) is 11.8. The number of rotatable bonds is 18. The van der Waals surface area contributed by atoms with E-state index in [2.05, 4.69) is 125 Å². The number of aryl methyl sites for hydroxylation is 2. The quantitative estimate of drug-likeness (QED) is 0.0839. The number of pyridine rings is 1. The number of nitrogens with one attached hydrogen (secondary N) is 1. The van der Waals surface area contributed by atoms with Crippen LogP contribution in [0, 0.1) is 17.3 Å². The summed E-state index contributed by atoms with van der Waals surface area (Å²) >= 11 is 1.76. The average Bonchev–Trinajstić information content (AvgIpc) is 3.91. The summed E-state index contributed by atoms with van der Waals surface area (Å²) in [6.45, 7) is 39.3. The number of carbonyl (C=O) groups excluding carboxylic acids is 2. The Morgan fingerprint density at radius 3 is 2.20 bits per heavy atom. The lowest BCUT2D eigenvalue weighted by molar-refractivity contribution is -0.133. The Kier molecular flexibility index (Phi) is 27.0. The molecule has 66 heavy (non-hydrogen) atoms. The Hall–Kier alpha value is -4.52. The van der Waals surface area contributed by atoms with Gasteiger partial charge in [0, 0.05) is 80.8 Å². The van der Waals surface area contributed by atoms with Crippen molar-refractivity contribution in [1.29, 1.82) is 0 Å². The molecule has 2 unspecified atom stereocenters. The van der Waals surface area contributed by atoms with Crippen molar-refractivity contribution in [2.45, 2.75) is 153 Å². The zero-order valence-electron chi connectivity index (χ0n) is 44.2. The van der Waals surface area contributed by atoms with Crippen molar-refractivity contribution in [2.75, 3.05) is 40.8 Å². The van der Waals surface area contributed by atoms with Crippen LogP contribution in [0.5, 0.6) is 0 Å². The number of nitrogens with zero attached hydrogens (tertiary/aromatic N) is 6. The zero-order chi connectivity index (χ0) is 50.3. The number of nitrogens with two attached hydrogens (primary N) is 2. The molecule has 1 saturated heterocycles. The van der Waals surface area contributed by atoms with E-state index < -0.39 is 0 Å². The summed E-state index contributed by atoms with van der Waals surface area (Å²) < 4.78 is 2.51. The molecule has 0 aliphatic carbocycles. The number of amides is 2. The SMILES string of the molecule is C=C(N(C)CC(C)C)N(C)C(C(N)=O)C(C)C.C=CCCC(C)(C)Cc1c(-c2cccnc2C(C)CC)n(CC)c2ccc(-c3csc(CC)n3)cc12.CC.CC(=O)N1CCCCN1.CN. The maximum absolute atomic E-state index is 11.5. The average molecular weight is 930 g/mol. The number of likely N-dealkylation sites (N-methyl/N-ethyl adjacent to an activating group) is 1. The minimum Gasteiger partial charge on any atom is -0.368 e. The largest absolute Gasteiger partial charge is 0.368 e. The Morgan fingerprint density at radius 2 is 1.71 bits per heavy atom. The lowest BCUT2D eigenvalue weighted by atomic mass is 9.80. The number of thiazole rings is 1. The molecule has 1 fully saturated rings. The number of aromatic nitrogens is 3. The molecule has 1 aliphatic heterocycles. The van der Waals surface area contributed by atoms with Crippen LogP contribution in [0.1, 0.15) is 144 Å². The second-order valence-corrected chi connectivity index (χ2v) is 19.3. The van der Waals surface area contributed by atoms with Crippen LogP contribution >= 0.6 is 11.3 Å². The molecule has 12 heteroatoms. The van der Waals surface area contributed by atoms with Gasteiger partial charge in [-0.1, -0.05) is 94.9 Å². The van der Waals surface area contributed by atoms with Crippen LogP contribution in [0.25, 0.3) is 33.4 Å². The standard InChI is InChI=1S/C32H41N3S.C13H27N3O.C6H12N2O.C2H6.CH5N/c1-8-12-17-32(6,7)20-26-25-19-23(27-21-36-29(10-3)34-27)15-16-28(25)35(11-4)31(26)24-14-13-18-33-30(24)22(5)9-2;1-9(2)8-15(6)11(5)16(7)12(10(3)4)13(14)17;1-6(9)8-5-3-2-4-7-8;2*1-2/h8,13-16,18-19,21-22H,1,9-12,17,20H2,2-7H3;9-10,12H,5,8H2,1-4,6-7H3,(H2,14,17);7H,2-5H2,1H3;1-2H3;2H2,1H3. The van der Waals surface area contributed by atoms with Crippen molar-refractivity contribution in [2.24, 2.45) is 28.7 Å². The highest BCUT2D eigenvalue weighted by Crippen LogP contribution is 2.42. The fourth-order valence-electron chi connectivity index (χ4n) is 8.27. The maximum Gasteiger partial charge on any atom is 0.240 e. The second-order valence-electron chi connectivity index (χ2n) is 18.4. The molecule has 5 rings (SSSR count). The Balaban J connectivity index is 0.000000599. The van der Waals surface area contributed by atoms with Crippen molar-refractivity contribution in [3.8, 4) is 22.5 Å². The van der Waals surface area contributed by atoms with Gasteiger partial charge in [0.05, 0.1) is 27.9 Å². The van der Waals surface area contributed by atoms with E-state index in [1.807, 2.05) is 59.0 Å². The Bertz CT molecular complexity index is 2060. The number of primary amides is 1. The summed E-state index contributed by atoms with van der Waals surface area (Å²) in [6, 6.07) is 11.0. The third-order valence-corrected chi connectivity index (χ3v) is 12.8. The summed E-state index contributed by atoms with van der Waals surface area (Å²) in [7, 11) is 5.35. The molecule has 2 atom stereocenters. The molecule has 11 nitrogen and oxygen atoms in total. The van der Waals surface area contributed by atoms with E-state index in [0.717, 1.165) is 76.2 Å². The molecule has 1 aromatic carbocycles. The van der Waals surface area contributed by atoms with Crippen molar-refractivity contribution in [3.05, 3.63) is 83.2 Å². The van der Waals surface area contributed by atoms with Gasteiger partial charge in [0.2, 0.25) is 11.8 Å². The van der Waals surface area contributed by atoms with Gasteiger partial charge in [0.1, 0.15) is 6.04 Å². The predicted octanol–water partition coefficient (Wildman–Crippen LogP) is 11.7. The minimum absolute atomic E-state index is 0.120. The molecule has 0 saturated carbocycles. The first kappa shape index (κ1) is 59.5. The number of fused-ring (bicyclic) bond motifs is 1. The molecule has 5 N–H and O–H groups in total. The van der Waals surface area contributed by atoms with Crippen molar-refractivity contribution in [1.82, 2.24) is 34.8 Å². The second kappa shape index (κ2) is 30.0. The van der Waals surface area contributed by atoms with E-state index in [1.165, 1.54) is 57.5 Å². The molecule has 370 valence electrons. The highest BCUT2D eigenvalue weighted by atomic mass is 32.1. The molecular formula is C54H91N9O2S. The molecule has 3 aromatic heterocycles. The van der Waals surface area contributed by atoms with Crippen LogP contribution in [-0.2, 0) is 29.0 Å². The first-order valence-electron chi connectivity index (χ1n) is 24.5. The van der Waals surface area contributed by atoms with Crippen molar-refractivity contribution in [3.63, 3.8) is 0 Å². The molecule has 1 aliphatic rings. The normalized spacial score (nSPS) is 13.2. The van der Waals surface area contributed by atoms with Crippen LogP contribution in [-0.4, -0.2) is 88.0 Å². The van der Waals surface area contributed by atoms with Crippen LogP contribution in [0.15, 0.2) is 67.0 Å². The topological polar surface area (TPSA) is 139 Å². The predicted molar refractivity (Wildman–Crippen MR) is 285 cm³/mol. The maximum atomic E-state index is 11.5. The fraction of sp³-hybridized carbons (Fsp3) is 0.593. The van der Waals surface area contributed by atoms with E-state index in [-0.39, 0.29) is 29.2 Å². The minimum atomic E-state index is -0.308. The summed E-state index contributed by atoms with van der Waals surface area (Å²) in [5.74, 6) is 1.77. The number of allylic oxidation sites excluding steroid dienone is 1. The molecular weight excluding hydrogens is 839 g/mol. The lowest BCUT2D eigenvalue weighted by Gasteiger charge is -2.36. The van der Waals surface area contributed by atoms with Gasteiger partial charge in [-0.05, 0) is 112 Å². The van der Waals surface area contributed by atoms with E-state index >= 15 is 0 Å². The molecule has 0 spiro atoms. The summed E-state index contributed by atoms with van der Waals surface area (Å²) in [6.07, 6.45) is 11.5. The third kappa shape index (κ3) is 17.3. The fourth-order valence-corrected chi connectivity index (χ4v) is 9.03. The smallest absolute Gasteiger partial charge is 0.240 e. The monoisotopic (exact) mass is 930 g/mol. The van der Waals surface area contributed by atoms with Gasteiger partial charge in [-0.2, -0.15) is 0 Å². The van der Waals surface area contributed by atoms with E-state index in [4.69, 9.17) is 15.7 Å². The number of benzene rings is 1. The van der Waals surface area contributed by atoms with Crippen molar-refractivity contribution < 1.29 is 9.59 Å². The Morgan fingerprint density at radius 1 is 1.05 bits per heavy atom. The number of hydrogen-bond acceptors (Lipinski definition) is 9. The van der Waals surface area contributed by atoms with Gasteiger partial charge in [-0.25, -0.2) is 10.4 Å². The van der Waals surface area contributed by atoms with Gasteiger partial charge in [-0.15, -0.1) is 17.9 Å². The van der Waals surface area contributed by atoms with Gasteiger partial charge in [0.15, 0.2) is 0 Å². The summed E-state index contributed by atoms with van der Waals surface area (Å²) in [5.41, 5.74) is 21.9.